The number of hydrogen-bond acceptors (Lipinski definition) is 4. The molecule has 1 aromatic carbocycles. The number of nitrogens with zero attached hydrogens (tertiary/aromatic N) is 4. The number of rotatable bonds is 1. The minimum atomic E-state index is -0.313. The highest BCUT2D eigenvalue weighted by Crippen LogP contribution is 2.31. The summed E-state index contributed by atoms with van der Waals surface area (Å²) in [5, 5.41) is 9.65. The predicted octanol–water partition coefficient (Wildman–Crippen LogP) is 3.27. The van der Waals surface area contributed by atoms with Gasteiger partial charge in [0.2, 0.25) is 0 Å². The summed E-state index contributed by atoms with van der Waals surface area (Å²) in [7, 11) is 0. The Bertz CT molecular complexity index is 689. The number of anilines is 1. The SMILES string of the molecule is N#CC1CCN(c2ncnc3c(Br)cc(F)cc23)CC1. The number of aromatic nitrogens is 2. The minimum Gasteiger partial charge on any atom is -0.356 e. The number of nitriles is 1. The van der Waals surface area contributed by atoms with Crippen molar-refractivity contribution in [2.24, 2.45) is 5.92 Å². The summed E-state index contributed by atoms with van der Waals surface area (Å²) in [5.41, 5.74) is 0.707. The second-order valence-corrected chi connectivity index (χ2v) is 5.73. The van der Waals surface area contributed by atoms with Crippen molar-refractivity contribution in [3.63, 3.8) is 0 Å². The normalized spacial score (nSPS) is 16.4. The highest BCUT2D eigenvalue weighted by molar-refractivity contribution is 9.10. The zero-order valence-electron chi connectivity index (χ0n) is 10.7. The fourth-order valence-electron chi connectivity index (χ4n) is 2.55. The smallest absolute Gasteiger partial charge is 0.140 e. The second kappa shape index (κ2) is 5.33. The van der Waals surface area contributed by atoms with Crippen molar-refractivity contribution in [1.82, 2.24) is 9.97 Å². The molecular formula is C14H12BrFN4. The first-order chi connectivity index (χ1) is 9.69. The van der Waals surface area contributed by atoms with Crippen LogP contribution in [0.15, 0.2) is 22.9 Å². The Morgan fingerprint density at radius 2 is 2.05 bits per heavy atom. The first-order valence-corrected chi connectivity index (χ1v) is 7.22. The molecule has 1 aromatic heterocycles. The lowest BCUT2D eigenvalue weighted by molar-refractivity contribution is 0.486. The standard InChI is InChI=1S/C14H12BrFN4/c15-12-6-10(16)5-11-13(12)18-8-19-14(11)20-3-1-9(7-17)2-4-20/h5-6,8-9H,1-4H2. The summed E-state index contributed by atoms with van der Waals surface area (Å²) >= 11 is 3.33. The van der Waals surface area contributed by atoms with E-state index in [0.717, 1.165) is 31.7 Å². The van der Waals surface area contributed by atoms with Gasteiger partial charge < -0.3 is 4.90 Å². The predicted molar refractivity (Wildman–Crippen MR) is 77.7 cm³/mol. The molecule has 1 aliphatic heterocycles. The Morgan fingerprint density at radius 3 is 2.75 bits per heavy atom. The molecular weight excluding hydrogens is 323 g/mol. The number of benzene rings is 1. The molecule has 0 bridgehead atoms. The molecule has 0 radical (unpaired) electrons. The lowest BCUT2D eigenvalue weighted by Gasteiger charge is -2.30. The van der Waals surface area contributed by atoms with Gasteiger partial charge in [-0.3, -0.25) is 0 Å². The maximum absolute atomic E-state index is 13.6. The van der Waals surface area contributed by atoms with E-state index in [9.17, 15) is 4.39 Å². The molecule has 0 saturated carbocycles. The Hall–Kier alpha value is -1.74. The quantitative estimate of drug-likeness (QED) is 0.803. The van der Waals surface area contributed by atoms with Gasteiger partial charge in [-0.15, -0.1) is 0 Å². The van der Waals surface area contributed by atoms with Crippen LogP contribution in [0.2, 0.25) is 0 Å². The van der Waals surface area contributed by atoms with Crippen LogP contribution in [0.3, 0.4) is 0 Å². The summed E-state index contributed by atoms with van der Waals surface area (Å²) in [4.78, 5) is 10.6. The molecule has 4 nitrogen and oxygen atoms in total. The number of hydrogen-bond donors (Lipinski definition) is 0. The average Bonchev–Trinajstić information content (AvgIpc) is 2.47. The van der Waals surface area contributed by atoms with Gasteiger partial charge >= 0.3 is 0 Å². The lowest BCUT2D eigenvalue weighted by Crippen LogP contribution is -2.34. The van der Waals surface area contributed by atoms with Crippen LogP contribution < -0.4 is 4.90 Å². The zero-order chi connectivity index (χ0) is 14.1. The van der Waals surface area contributed by atoms with E-state index in [2.05, 4.69) is 36.9 Å². The fourth-order valence-corrected chi connectivity index (χ4v) is 3.09. The molecule has 0 atom stereocenters. The van der Waals surface area contributed by atoms with Gasteiger partial charge in [-0.05, 0) is 40.9 Å². The van der Waals surface area contributed by atoms with Crippen LogP contribution >= 0.6 is 15.9 Å². The molecule has 0 unspecified atom stereocenters. The Balaban J connectivity index is 2.02. The molecule has 20 heavy (non-hydrogen) atoms. The van der Waals surface area contributed by atoms with Gasteiger partial charge in [-0.2, -0.15) is 5.26 Å². The van der Waals surface area contributed by atoms with E-state index < -0.39 is 0 Å². The van der Waals surface area contributed by atoms with Gasteiger partial charge in [-0.1, -0.05) is 0 Å². The molecule has 102 valence electrons. The highest BCUT2D eigenvalue weighted by Gasteiger charge is 2.22. The van der Waals surface area contributed by atoms with Crippen LogP contribution in [0, 0.1) is 23.1 Å². The summed E-state index contributed by atoms with van der Waals surface area (Å²) in [6.07, 6.45) is 3.13. The van der Waals surface area contributed by atoms with Crippen molar-refractivity contribution in [3.8, 4) is 6.07 Å². The molecule has 0 aliphatic carbocycles. The molecule has 2 aromatic rings. The topological polar surface area (TPSA) is 52.8 Å². The maximum atomic E-state index is 13.6. The molecule has 1 saturated heterocycles. The van der Waals surface area contributed by atoms with E-state index in [4.69, 9.17) is 5.26 Å². The molecule has 1 aliphatic rings. The van der Waals surface area contributed by atoms with Crippen LogP contribution in [0.5, 0.6) is 0 Å². The van der Waals surface area contributed by atoms with Crippen LogP contribution in [0.25, 0.3) is 10.9 Å². The van der Waals surface area contributed by atoms with Crippen molar-refractivity contribution >= 4 is 32.7 Å². The third-order valence-corrected chi connectivity index (χ3v) is 4.22. The average molecular weight is 335 g/mol. The Morgan fingerprint density at radius 1 is 1.30 bits per heavy atom. The Kier molecular flexibility index (Phi) is 3.53. The van der Waals surface area contributed by atoms with Gasteiger partial charge in [0, 0.05) is 28.9 Å². The summed E-state index contributed by atoms with van der Waals surface area (Å²) in [6, 6.07) is 5.17. The van der Waals surface area contributed by atoms with Crippen LogP contribution in [-0.2, 0) is 0 Å². The molecule has 0 spiro atoms. The van der Waals surface area contributed by atoms with Crippen molar-refractivity contribution < 1.29 is 4.39 Å². The monoisotopic (exact) mass is 334 g/mol. The van der Waals surface area contributed by atoms with Gasteiger partial charge in [-0.25, -0.2) is 14.4 Å². The van der Waals surface area contributed by atoms with E-state index in [1.165, 1.54) is 18.5 Å². The summed E-state index contributed by atoms with van der Waals surface area (Å²) < 4.78 is 14.2. The second-order valence-electron chi connectivity index (χ2n) is 4.87. The zero-order valence-corrected chi connectivity index (χ0v) is 12.3. The van der Waals surface area contributed by atoms with Crippen LogP contribution in [-0.4, -0.2) is 23.1 Å². The third-order valence-electron chi connectivity index (χ3n) is 3.61. The van der Waals surface area contributed by atoms with E-state index in [0.29, 0.717) is 15.4 Å². The Labute approximate surface area is 124 Å². The van der Waals surface area contributed by atoms with Gasteiger partial charge in [0.05, 0.1) is 11.6 Å². The van der Waals surface area contributed by atoms with Crippen molar-refractivity contribution in [2.75, 3.05) is 18.0 Å². The molecule has 0 N–H and O–H groups in total. The van der Waals surface area contributed by atoms with Crippen LogP contribution in [0.1, 0.15) is 12.8 Å². The van der Waals surface area contributed by atoms with Gasteiger partial charge in [0.15, 0.2) is 0 Å². The molecule has 6 heteroatoms. The van der Waals surface area contributed by atoms with Crippen LogP contribution in [0.4, 0.5) is 10.2 Å². The van der Waals surface area contributed by atoms with E-state index in [-0.39, 0.29) is 11.7 Å². The third kappa shape index (κ3) is 2.34. The van der Waals surface area contributed by atoms with Crippen molar-refractivity contribution in [3.05, 3.63) is 28.7 Å². The first kappa shape index (κ1) is 13.3. The molecule has 1 fully saturated rings. The highest BCUT2D eigenvalue weighted by atomic mass is 79.9. The summed E-state index contributed by atoms with van der Waals surface area (Å²) in [5.74, 6) is 0.543. The van der Waals surface area contributed by atoms with E-state index in [1.807, 2.05) is 0 Å². The van der Waals surface area contributed by atoms with Crippen molar-refractivity contribution in [2.45, 2.75) is 12.8 Å². The largest absolute Gasteiger partial charge is 0.356 e. The number of piperidine rings is 1. The van der Waals surface area contributed by atoms with E-state index in [1.54, 1.807) is 0 Å². The van der Waals surface area contributed by atoms with Gasteiger partial charge in [0.1, 0.15) is 18.0 Å². The molecule has 3 rings (SSSR count). The molecule has 2 heterocycles. The van der Waals surface area contributed by atoms with E-state index >= 15 is 0 Å². The molecule has 0 amide bonds. The fraction of sp³-hybridized carbons (Fsp3) is 0.357. The number of halogens is 2. The summed E-state index contributed by atoms with van der Waals surface area (Å²) in [6.45, 7) is 1.52. The van der Waals surface area contributed by atoms with Gasteiger partial charge in [0.25, 0.3) is 0 Å². The minimum absolute atomic E-state index is 0.114. The maximum Gasteiger partial charge on any atom is 0.140 e. The first-order valence-electron chi connectivity index (χ1n) is 6.43. The van der Waals surface area contributed by atoms with Crippen molar-refractivity contribution in [1.29, 1.82) is 5.26 Å². The lowest BCUT2D eigenvalue weighted by atomic mass is 9.98. The number of fused-ring (bicyclic) bond motifs is 1.